The lowest BCUT2D eigenvalue weighted by Crippen LogP contribution is -2.31. The van der Waals surface area contributed by atoms with Crippen LogP contribution in [0.3, 0.4) is 0 Å². The zero-order chi connectivity index (χ0) is 20.2. The molecule has 5 aromatic rings. The Labute approximate surface area is 175 Å². The van der Waals surface area contributed by atoms with E-state index < -0.39 is 7.12 Å². The lowest BCUT2D eigenvalue weighted by atomic mass is 9.72. The molecule has 0 aromatic heterocycles. The van der Waals surface area contributed by atoms with Crippen LogP contribution in [0.15, 0.2) is 78.9 Å². The van der Waals surface area contributed by atoms with Crippen molar-refractivity contribution in [3.63, 3.8) is 0 Å². The van der Waals surface area contributed by atoms with E-state index in [1.54, 1.807) is 0 Å². The number of aryl methyl sites for hydroxylation is 2. The second-order valence-corrected chi connectivity index (χ2v) is 8.26. The van der Waals surface area contributed by atoms with Gasteiger partial charge in [0.2, 0.25) is 0 Å². The van der Waals surface area contributed by atoms with Crippen LogP contribution in [-0.2, 0) is 12.8 Å². The molecule has 2 nitrogen and oxygen atoms in total. The van der Waals surface area contributed by atoms with Crippen molar-refractivity contribution in [2.75, 3.05) is 0 Å². The Bertz CT molecular complexity index is 1400. The summed E-state index contributed by atoms with van der Waals surface area (Å²) in [6.45, 7) is 0. The van der Waals surface area contributed by atoms with Crippen LogP contribution in [0.1, 0.15) is 17.5 Å². The fourth-order valence-corrected chi connectivity index (χ4v) is 5.37. The molecule has 30 heavy (non-hydrogen) atoms. The molecule has 1 aliphatic carbocycles. The molecule has 5 aromatic carbocycles. The summed E-state index contributed by atoms with van der Waals surface area (Å²) >= 11 is 0. The highest BCUT2D eigenvalue weighted by atomic mass is 16.4. The minimum absolute atomic E-state index is 0.578. The summed E-state index contributed by atoms with van der Waals surface area (Å²) < 4.78 is 0. The highest BCUT2D eigenvalue weighted by molar-refractivity contribution is 6.66. The molecule has 0 saturated heterocycles. The summed E-state index contributed by atoms with van der Waals surface area (Å²) in [5, 5.41) is 27.0. The summed E-state index contributed by atoms with van der Waals surface area (Å²) in [4.78, 5) is 0. The van der Waals surface area contributed by atoms with Gasteiger partial charge in [0.15, 0.2) is 0 Å². The van der Waals surface area contributed by atoms with Crippen molar-refractivity contribution in [1.82, 2.24) is 0 Å². The Hall–Kier alpha value is -3.14. The summed E-state index contributed by atoms with van der Waals surface area (Å²) in [5.74, 6) is 0. The van der Waals surface area contributed by atoms with Gasteiger partial charge in [-0.25, -0.2) is 0 Å². The zero-order valence-corrected chi connectivity index (χ0v) is 16.6. The molecule has 0 bridgehead atoms. The van der Waals surface area contributed by atoms with E-state index in [1.165, 1.54) is 39.4 Å². The van der Waals surface area contributed by atoms with E-state index in [0.717, 1.165) is 34.4 Å². The van der Waals surface area contributed by atoms with Crippen molar-refractivity contribution in [2.24, 2.45) is 0 Å². The molecule has 144 valence electrons. The Morgan fingerprint density at radius 2 is 1.27 bits per heavy atom. The average Bonchev–Trinajstić information content (AvgIpc) is 2.77. The first kappa shape index (κ1) is 17.7. The maximum atomic E-state index is 10.2. The molecule has 0 aliphatic heterocycles. The highest BCUT2D eigenvalue weighted by Crippen LogP contribution is 2.39. The van der Waals surface area contributed by atoms with Crippen LogP contribution in [0.4, 0.5) is 0 Å². The van der Waals surface area contributed by atoms with Crippen LogP contribution in [0.25, 0.3) is 43.4 Å². The van der Waals surface area contributed by atoms with E-state index in [1.807, 2.05) is 36.4 Å². The number of hydrogen-bond acceptors (Lipinski definition) is 2. The van der Waals surface area contributed by atoms with Crippen LogP contribution in [0.5, 0.6) is 0 Å². The minimum atomic E-state index is -1.52. The molecule has 0 amide bonds. The average molecular weight is 388 g/mol. The van der Waals surface area contributed by atoms with Crippen LogP contribution in [-0.4, -0.2) is 17.2 Å². The SMILES string of the molecule is OB(O)c1c2ccccc2c(-c2cc3c4c(cccc4c2)CCC3)c2ccccc12. The molecule has 2 N–H and O–H groups in total. The summed E-state index contributed by atoms with van der Waals surface area (Å²) in [6.07, 6.45) is 3.44. The first-order valence-electron chi connectivity index (χ1n) is 10.6. The molecule has 0 radical (unpaired) electrons. The molecule has 0 heterocycles. The third kappa shape index (κ3) is 2.53. The molecule has 3 heteroatoms. The van der Waals surface area contributed by atoms with Gasteiger partial charge in [-0.2, -0.15) is 0 Å². The first-order valence-corrected chi connectivity index (χ1v) is 10.6. The first-order chi connectivity index (χ1) is 14.7. The van der Waals surface area contributed by atoms with Crippen molar-refractivity contribution >= 4 is 44.9 Å². The molecule has 0 unspecified atom stereocenters. The van der Waals surface area contributed by atoms with Crippen molar-refractivity contribution in [2.45, 2.75) is 19.3 Å². The van der Waals surface area contributed by atoms with Crippen LogP contribution in [0.2, 0.25) is 0 Å². The van der Waals surface area contributed by atoms with Crippen LogP contribution >= 0.6 is 0 Å². The van der Waals surface area contributed by atoms with Gasteiger partial charge in [0.1, 0.15) is 0 Å². The van der Waals surface area contributed by atoms with Gasteiger partial charge in [0.05, 0.1) is 0 Å². The second kappa shape index (κ2) is 6.70. The largest absolute Gasteiger partial charge is 0.489 e. The Kier molecular flexibility index (Phi) is 3.95. The van der Waals surface area contributed by atoms with Gasteiger partial charge in [-0.3, -0.25) is 0 Å². The summed E-state index contributed by atoms with van der Waals surface area (Å²) in [7, 11) is -1.52. The minimum Gasteiger partial charge on any atom is -0.423 e. The number of benzene rings is 5. The Balaban J connectivity index is 1.79. The van der Waals surface area contributed by atoms with E-state index >= 15 is 0 Å². The van der Waals surface area contributed by atoms with Crippen molar-refractivity contribution in [1.29, 1.82) is 0 Å². The van der Waals surface area contributed by atoms with Crippen LogP contribution in [0, 0.1) is 0 Å². The fourth-order valence-electron chi connectivity index (χ4n) is 5.37. The van der Waals surface area contributed by atoms with E-state index in [0.29, 0.717) is 5.46 Å². The van der Waals surface area contributed by atoms with Gasteiger partial charge < -0.3 is 10.0 Å². The molecular formula is C27H21BO2. The lowest BCUT2D eigenvalue weighted by Gasteiger charge is -2.21. The molecular weight excluding hydrogens is 367 g/mol. The molecule has 0 fully saturated rings. The topological polar surface area (TPSA) is 40.5 Å². The third-order valence-corrected chi connectivity index (χ3v) is 6.56. The van der Waals surface area contributed by atoms with Crippen LogP contribution < -0.4 is 5.46 Å². The van der Waals surface area contributed by atoms with Crippen molar-refractivity contribution in [3.05, 3.63) is 90.0 Å². The number of rotatable bonds is 2. The standard InChI is InChI=1S/C27H21BO2/c29-28(30)27-23-13-3-1-11-21(23)26(22-12-2-4-14-24(22)27)20-15-18-9-5-7-17-8-6-10-19(16-20)25(17)18/h1-5,7,9,11-16,29-30H,6,8,10H2. The highest BCUT2D eigenvalue weighted by Gasteiger charge is 2.23. The third-order valence-electron chi connectivity index (χ3n) is 6.56. The van der Waals surface area contributed by atoms with Gasteiger partial charge >= 0.3 is 7.12 Å². The smallest absolute Gasteiger partial charge is 0.423 e. The zero-order valence-electron chi connectivity index (χ0n) is 16.6. The van der Waals surface area contributed by atoms with Gasteiger partial charge in [0, 0.05) is 0 Å². The van der Waals surface area contributed by atoms with Gasteiger partial charge in [-0.1, -0.05) is 72.8 Å². The maximum Gasteiger partial charge on any atom is 0.489 e. The van der Waals surface area contributed by atoms with E-state index in [2.05, 4.69) is 42.5 Å². The summed E-state index contributed by atoms with van der Waals surface area (Å²) in [6, 6.07) is 27.4. The Morgan fingerprint density at radius 1 is 0.633 bits per heavy atom. The molecule has 0 spiro atoms. The summed E-state index contributed by atoms with van der Waals surface area (Å²) in [5.41, 5.74) is 5.81. The molecule has 1 aliphatic rings. The normalized spacial score (nSPS) is 13.3. The van der Waals surface area contributed by atoms with Gasteiger partial charge in [-0.15, -0.1) is 0 Å². The van der Waals surface area contributed by atoms with Gasteiger partial charge in [-0.05, 0) is 85.4 Å². The Morgan fingerprint density at radius 3 is 1.93 bits per heavy atom. The lowest BCUT2D eigenvalue weighted by molar-refractivity contribution is 0.426. The number of fused-ring (bicyclic) bond motifs is 2. The maximum absolute atomic E-state index is 10.2. The molecule has 0 atom stereocenters. The van der Waals surface area contributed by atoms with E-state index in [-0.39, 0.29) is 0 Å². The van der Waals surface area contributed by atoms with E-state index in [9.17, 15) is 10.0 Å². The quantitative estimate of drug-likeness (QED) is 0.331. The van der Waals surface area contributed by atoms with E-state index in [4.69, 9.17) is 0 Å². The van der Waals surface area contributed by atoms with Gasteiger partial charge in [0.25, 0.3) is 0 Å². The second-order valence-electron chi connectivity index (χ2n) is 8.26. The molecule has 0 saturated carbocycles. The van der Waals surface area contributed by atoms with Crippen molar-refractivity contribution in [3.8, 4) is 11.1 Å². The number of hydrogen-bond donors (Lipinski definition) is 2. The fraction of sp³-hybridized carbons (Fsp3) is 0.111. The predicted octanol–water partition coefficient (Wildman–Crippen LogP) is 4.98. The molecule has 6 rings (SSSR count). The van der Waals surface area contributed by atoms with Crippen molar-refractivity contribution < 1.29 is 10.0 Å². The predicted molar refractivity (Wildman–Crippen MR) is 126 cm³/mol. The monoisotopic (exact) mass is 388 g/mol.